The molecule has 1 saturated carbocycles. The molecule has 0 amide bonds. The molecule has 2 heterocycles. The van der Waals surface area contributed by atoms with Crippen LogP contribution in [-0.2, 0) is 23.4 Å². The number of rotatable bonds is 13. The van der Waals surface area contributed by atoms with Crippen LogP contribution in [0, 0.1) is 24.2 Å². The van der Waals surface area contributed by atoms with Crippen LogP contribution in [0.5, 0.6) is 5.75 Å². The van der Waals surface area contributed by atoms with Gasteiger partial charge in [-0.1, -0.05) is 44.9 Å². The normalized spacial score (nSPS) is 29.6. The summed E-state index contributed by atoms with van der Waals surface area (Å²) in [7, 11) is -2.12. The van der Waals surface area contributed by atoms with E-state index in [9.17, 15) is 0 Å². The van der Waals surface area contributed by atoms with Gasteiger partial charge in [0.25, 0.3) is 0 Å². The molecule has 7 atom stereocenters. The zero-order valence-corrected chi connectivity index (χ0v) is 28.7. The Morgan fingerprint density at radius 2 is 1.72 bits per heavy atom. The smallest absolute Gasteiger partial charge is 0.199 e. The van der Waals surface area contributed by atoms with Crippen LogP contribution in [-0.4, -0.2) is 58.3 Å². The standard InChI is InChI=1S/C35H53ClO6Si/c1-7-26(36)24-28-30(42-43(5,6)35(2,3)4)25-31(41-33-20-12-14-22-39-33)34(28)29(40-32-19-11-13-21-38-32)18-15-23-37-27-16-9-8-10-17-27/h1,8-10,16-18,26,28,30-34H,11-15,19-25H2,2-6H3/t26-,28+,30+,31-,32?,33?,34+/m0/s1. The van der Waals surface area contributed by atoms with Crippen LogP contribution < -0.4 is 4.74 Å². The molecule has 0 radical (unpaired) electrons. The summed E-state index contributed by atoms with van der Waals surface area (Å²) in [5, 5.41) is -0.360. The lowest BCUT2D eigenvalue weighted by molar-refractivity contribution is -0.201. The summed E-state index contributed by atoms with van der Waals surface area (Å²) < 4.78 is 38.9. The molecule has 1 aromatic rings. The van der Waals surface area contributed by atoms with Gasteiger partial charge in [-0.3, -0.25) is 0 Å². The Kier molecular flexibility index (Phi) is 12.9. The first-order valence-electron chi connectivity index (χ1n) is 16.3. The molecule has 4 rings (SSSR count). The van der Waals surface area contributed by atoms with Gasteiger partial charge in [-0.2, -0.15) is 0 Å². The lowest BCUT2D eigenvalue weighted by Crippen LogP contribution is -2.45. The quantitative estimate of drug-likeness (QED) is 0.0715. The predicted octanol–water partition coefficient (Wildman–Crippen LogP) is 8.45. The lowest BCUT2D eigenvalue weighted by atomic mass is 9.87. The zero-order valence-electron chi connectivity index (χ0n) is 26.9. The molecule has 0 aromatic heterocycles. The van der Waals surface area contributed by atoms with Crippen molar-refractivity contribution in [2.75, 3.05) is 19.8 Å². The fourth-order valence-electron chi connectivity index (χ4n) is 6.01. The van der Waals surface area contributed by atoms with Crippen LogP contribution >= 0.6 is 11.6 Å². The first kappa shape index (κ1) is 34.3. The van der Waals surface area contributed by atoms with Gasteiger partial charge in [0.05, 0.1) is 30.8 Å². The molecule has 2 aliphatic heterocycles. The Morgan fingerprint density at radius 3 is 2.33 bits per heavy atom. The summed E-state index contributed by atoms with van der Waals surface area (Å²) in [5.74, 6) is 4.41. The average molecular weight is 633 g/mol. The summed E-state index contributed by atoms with van der Waals surface area (Å²) in [6, 6.07) is 9.90. The molecule has 6 nitrogen and oxygen atoms in total. The summed E-state index contributed by atoms with van der Waals surface area (Å²) in [6.07, 6.45) is 15.4. The first-order chi connectivity index (χ1) is 20.6. The van der Waals surface area contributed by atoms with E-state index in [4.69, 9.17) is 46.1 Å². The minimum absolute atomic E-state index is 0.0196. The van der Waals surface area contributed by atoms with E-state index in [1.807, 2.05) is 30.3 Å². The third kappa shape index (κ3) is 9.98. The van der Waals surface area contributed by atoms with Crippen molar-refractivity contribution >= 4 is 19.9 Å². The maximum atomic E-state index is 7.15. The van der Waals surface area contributed by atoms with Gasteiger partial charge in [-0.15, -0.1) is 18.0 Å². The molecule has 240 valence electrons. The molecule has 3 fully saturated rings. The van der Waals surface area contributed by atoms with E-state index in [0.717, 1.165) is 63.1 Å². The summed E-state index contributed by atoms with van der Waals surface area (Å²) in [5.41, 5.74) is 0. The minimum atomic E-state index is -2.12. The van der Waals surface area contributed by atoms with Crippen LogP contribution in [0.3, 0.4) is 0 Å². The van der Waals surface area contributed by atoms with Crippen molar-refractivity contribution in [2.45, 2.75) is 127 Å². The van der Waals surface area contributed by atoms with E-state index >= 15 is 0 Å². The number of hydrogen-bond donors (Lipinski definition) is 0. The van der Waals surface area contributed by atoms with E-state index in [1.54, 1.807) is 0 Å². The molecular formula is C35H53ClO6Si. The fourth-order valence-corrected chi connectivity index (χ4v) is 7.60. The Morgan fingerprint density at radius 1 is 1.05 bits per heavy atom. The molecule has 2 unspecified atom stereocenters. The summed E-state index contributed by atoms with van der Waals surface area (Å²) >= 11 is 6.72. The third-order valence-corrected chi connectivity index (χ3v) is 14.2. The molecule has 0 spiro atoms. The van der Waals surface area contributed by atoms with Crippen molar-refractivity contribution in [1.29, 1.82) is 0 Å². The minimum Gasteiger partial charge on any atom is -0.493 e. The van der Waals surface area contributed by atoms with E-state index in [-0.39, 0.29) is 41.7 Å². The number of benzene rings is 1. The molecule has 2 saturated heterocycles. The second-order valence-corrected chi connectivity index (χ2v) is 18.9. The van der Waals surface area contributed by atoms with E-state index in [0.29, 0.717) is 26.1 Å². The van der Waals surface area contributed by atoms with E-state index in [1.165, 1.54) is 0 Å². The molecule has 43 heavy (non-hydrogen) atoms. The van der Waals surface area contributed by atoms with Crippen molar-refractivity contribution in [2.24, 2.45) is 11.8 Å². The number of terminal acetylenes is 1. The first-order valence-corrected chi connectivity index (χ1v) is 19.6. The van der Waals surface area contributed by atoms with E-state index in [2.05, 4.69) is 45.9 Å². The topological polar surface area (TPSA) is 55.4 Å². The summed E-state index contributed by atoms with van der Waals surface area (Å²) in [4.78, 5) is 0. The maximum Gasteiger partial charge on any atom is 0.199 e. The van der Waals surface area contributed by atoms with Crippen molar-refractivity contribution in [3.8, 4) is 18.1 Å². The molecule has 3 aliphatic rings. The lowest BCUT2D eigenvalue weighted by Gasteiger charge is -2.40. The molecule has 0 bridgehead atoms. The van der Waals surface area contributed by atoms with Gasteiger partial charge in [0.15, 0.2) is 20.9 Å². The largest absolute Gasteiger partial charge is 0.493 e. The van der Waals surface area contributed by atoms with Gasteiger partial charge in [0, 0.05) is 25.4 Å². The molecule has 8 heteroatoms. The fraction of sp³-hybridized carbons (Fsp3) is 0.714. The molecule has 1 aliphatic carbocycles. The number of alkyl halides is 1. The number of ether oxygens (including phenoxy) is 5. The van der Waals surface area contributed by atoms with Crippen LogP contribution in [0.1, 0.15) is 78.6 Å². The van der Waals surface area contributed by atoms with E-state index < -0.39 is 13.7 Å². The van der Waals surface area contributed by atoms with Crippen molar-refractivity contribution in [3.05, 3.63) is 42.2 Å². The van der Waals surface area contributed by atoms with Gasteiger partial charge in [-0.05, 0) is 87.2 Å². The summed E-state index contributed by atoms with van der Waals surface area (Å²) in [6.45, 7) is 13.4. The Hall–Kier alpha value is -1.53. The third-order valence-electron chi connectivity index (χ3n) is 9.39. The maximum absolute atomic E-state index is 7.15. The van der Waals surface area contributed by atoms with Gasteiger partial charge < -0.3 is 28.1 Å². The number of para-hydroxylation sites is 1. The van der Waals surface area contributed by atoms with Gasteiger partial charge >= 0.3 is 0 Å². The molecule has 1 aromatic carbocycles. The van der Waals surface area contributed by atoms with Gasteiger partial charge in [0.2, 0.25) is 0 Å². The van der Waals surface area contributed by atoms with Crippen molar-refractivity contribution < 1.29 is 28.1 Å². The second-order valence-electron chi connectivity index (χ2n) is 13.7. The molecular weight excluding hydrogens is 580 g/mol. The predicted molar refractivity (Wildman–Crippen MR) is 175 cm³/mol. The highest BCUT2D eigenvalue weighted by Crippen LogP contribution is 2.48. The average Bonchev–Trinajstić information content (AvgIpc) is 3.30. The number of halogens is 1. The SMILES string of the molecule is C#C[C@H](Cl)C[C@H]1[C@H](C(=CCCOc2ccccc2)OC2CCCCO2)[C@@H](OC2CCCCO2)C[C@H]1O[Si](C)(C)C(C)(C)C. The highest BCUT2D eigenvalue weighted by Gasteiger charge is 2.52. The Labute approximate surface area is 266 Å². The monoisotopic (exact) mass is 632 g/mol. The van der Waals surface area contributed by atoms with Gasteiger partial charge in [0.1, 0.15) is 11.5 Å². The van der Waals surface area contributed by atoms with Gasteiger partial charge in [-0.25, -0.2) is 0 Å². The van der Waals surface area contributed by atoms with Crippen molar-refractivity contribution in [3.63, 3.8) is 0 Å². The van der Waals surface area contributed by atoms with Crippen LogP contribution in [0.15, 0.2) is 42.2 Å². The number of hydrogen-bond acceptors (Lipinski definition) is 6. The molecule has 0 N–H and O–H groups in total. The Bertz CT molecular complexity index is 1040. The zero-order chi connectivity index (χ0) is 30.9. The highest BCUT2D eigenvalue weighted by atomic mass is 35.5. The Balaban J connectivity index is 1.66. The van der Waals surface area contributed by atoms with Crippen LogP contribution in [0.25, 0.3) is 0 Å². The van der Waals surface area contributed by atoms with Crippen molar-refractivity contribution in [1.82, 2.24) is 0 Å². The van der Waals surface area contributed by atoms with Crippen LogP contribution in [0.4, 0.5) is 0 Å². The highest BCUT2D eigenvalue weighted by molar-refractivity contribution is 6.74. The van der Waals surface area contributed by atoms with Crippen LogP contribution in [0.2, 0.25) is 18.1 Å². The second kappa shape index (κ2) is 16.2.